The lowest BCUT2D eigenvalue weighted by Crippen LogP contribution is -1.93. The number of hydrogen-bond donors (Lipinski definition) is 1. The second-order valence-corrected chi connectivity index (χ2v) is 4.96. The standard InChI is InChI=1S/C11H9N5S/c1-7(6-12)17-11-15-14-10-13-8-4-2-3-5-9(8)16(10)11/h2-5,7H,1H3,(H,13,14)/t7-/m1/s1. The van der Waals surface area contributed by atoms with Gasteiger partial charge in [-0.2, -0.15) is 5.26 Å². The first-order chi connectivity index (χ1) is 8.29. The van der Waals surface area contributed by atoms with Gasteiger partial charge in [0.25, 0.3) is 0 Å². The molecule has 0 unspecified atom stereocenters. The van der Waals surface area contributed by atoms with Crippen molar-refractivity contribution in [2.45, 2.75) is 17.3 Å². The Hall–Kier alpha value is -2.00. The molecule has 2 aromatic heterocycles. The minimum Gasteiger partial charge on any atom is -0.254 e. The minimum absolute atomic E-state index is 0.136. The number of nitrogens with zero attached hydrogens (tertiary/aromatic N) is 4. The topological polar surface area (TPSA) is 69.8 Å². The van der Waals surface area contributed by atoms with Crippen LogP contribution in [0.15, 0.2) is 29.4 Å². The van der Waals surface area contributed by atoms with Crippen LogP contribution in [0.2, 0.25) is 0 Å². The Balaban J connectivity index is 2.23. The zero-order valence-electron chi connectivity index (χ0n) is 9.08. The molecule has 0 amide bonds. The van der Waals surface area contributed by atoms with Gasteiger partial charge in [0.1, 0.15) is 0 Å². The van der Waals surface area contributed by atoms with Gasteiger partial charge in [0.05, 0.1) is 22.4 Å². The Morgan fingerprint density at radius 1 is 1.47 bits per heavy atom. The van der Waals surface area contributed by atoms with Gasteiger partial charge in [-0.05, 0) is 19.1 Å². The molecule has 1 atom stereocenters. The second-order valence-electron chi connectivity index (χ2n) is 3.65. The summed E-state index contributed by atoms with van der Waals surface area (Å²) in [6.45, 7) is 1.85. The molecular formula is C11H9N5S. The van der Waals surface area contributed by atoms with Crippen LogP contribution in [0.4, 0.5) is 0 Å². The molecule has 0 aliphatic heterocycles. The molecule has 17 heavy (non-hydrogen) atoms. The third kappa shape index (κ3) is 1.56. The largest absolute Gasteiger partial charge is 0.254 e. The number of imidazole rings is 1. The molecule has 0 aliphatic carbocycles. The number of fused-ring (bicyclic) bond motifs is 3. The molecule has 2 heterocycles. The maximum absolute atomic E-state index is 8.84. The Labute approximate surface area is 101 Å². The summed E-state index contributed by atoms with van der Waals surface area (Å²) >= 11 is 1.42. The number of para-hydroxylation sites is 2. The van der Waals surface area contributed by atoms with Gasteiger partial charge in [-0.25, -0.2) is 10.1 Å². The lowest BCUT2D eigenvalue weighted by Gasteiger charge is -1.99. The number of thioether (sulfide) groups is 1. The van der Waals surface area contributed by atoms with E-state index in [2.05, 4.69) is 21.3 Å². The molecule has 84 valence electrons. The van der Waals surface area contributed by atoms with Crippen molar-refractivity contribution in [3.8, 4) is 6.07 Å². The van der Waals surface area contributed by atoms with Crippen LogP contribution in [0.5, 0.6) is 0 Å². The zero-order chi connectivity index (χ0) is 11.8. The summed E-state index contributed by atoms with van der Waals surface area (Å²) in [5.41, 5.74) is 1.93. The van der Waals surface area contributed by atoms with Crippen LogP contribution < -0.4 is 0 Å². The van der Waals surface area contributed by atoms with Gasteiger partial charge in [-0.1, -0.05) is 23.9 Å². The summed E-state index contributed by atoms with van der Waals surface area (Å²) in [5, 5.41) is 16.5. The fraction of sp³-hybridized carbons (Fsp3) is 0.182. The van der Waals surface area contributed by atoms with Crippen molar-refractivity contribution in [2.75, 3.05) is 0 Å². The molecule has 0 aliphatic rings. The van der Waals surface area contributed by atoms with Crippen molar-refractivity contribution in [3.63, 3.8) is 0 Å². The predicted octanol–water partition coefficient (Wildman–Crippen LogP) is 2.21. The van der Waals surface area contributed by atoms with Crippen molar-refractivity contribution in [1.29, 1.82) is 5.26 Å². The lowest BCUT2D eigenvalue weighted by atomic mass is 10.3. The van der Waals surface area contributed by atoms with Crippen LogP contribution >= 0.6 is 11.8 Å². The number of rotatable bonds is 2. The Morgan fingerprint density at radius 2 is 2.29 bits per heavy atom. The molecule has 0 saturated heterocycles. The number of nitrogens with one attached hydrogen (secondary N) is 1. The second kappa shape index (κ2) is 3.79. The van der Waals surface area contributed by atoms with Crippen molar-refractivity contribution in [3.05, 3.63) is 24.3 Å². The molecule has 1 N–H and O–H groups in total. The highest BCUT2D eigenvalue weighted by atomic mass is 32.2. The van der Waals surface area contributed by atoms with E-state index in [4.69, 9.17) is 5.26 Å². The van der Waals surface area contributed by atoms with E-state index in [0.29, 0.717) is 5.78 Å². The summed E-state index contributed by atoms with van der Waals surface area (Å²) in [6.07, 6.45) is 0. The average Bonchev–Trinajstić information content (AvgIpc) is 2.89. The molecule has 0 saturated carbocycles. The van der Waals surface area contributed by atoms with E-state index in [1.165, 1.54) is 11.8 Å². The van der Waals surface area contributed by atoms with E-state index < -0.39 is 0 Å². The SMILES string of the molecule is C[C@H](C#N)Sc1n[nH]c2nc3ccccc3n12. The van der Waals surface area contributed by atoms with Crippen LogP contribution in [0, 0.1) is 11.3 Å². The van der Waals surface area contributed by atoms with Gasteiger partial charge in [0.2, 0.25) is 5.78 Å². The molecule has 0 bridgehead atoms. The maximum Gasteiger partial charge on any atom is 0.231 e. The lowest BCUT2D eigenvalue weighted by molar-refractivity contribution is 0.937. The third-order valence-corrected chi connectivity index (χ3v) is 3.41. The van der Waals surface area contributed by atoms with E-state index in [1.54, 1.807) is 0 Å². The number of benzene rings is 1. The van der Waals surface area contributed by atoms with Gasteiger partial charge in [0, 0.05) is 0 Å². The molecule has 5 nitrogen and oxygen atoms in total. The van der Waals surface area contributed by atoms with Crippen LogP contribution in [0.1, 0.15) is 6.92 Å². The normalized spacial score (nSPS) is 12.9. The summed E-state index contributed by atoms with van der Waals surface area (Å²) in [7, 11) is 0. The van der Waals surface area contributed by atoms with E-state index in [9.17, 15) is 0 Å². The fourth-order valence-electron chi connectivity index (χ4n) is 1.71. The molecule has 6 heteroatoms. The number of hydrogen-bond acceptors (Lipinski definition) is 4. The predicted molar refractivity (Wildman–Crippen MR) is 65.8 cm³/mol. The molecule has 0 spiro atoms. The first-order valence-electron chi connectivity index (χ1n) is 5.17. The van der Waals surface area contributed by atoms with Crippen LogP contribution in [-0.2, 0) is 0 Å². The van der Waals surface area contributed by atoms with Crippen LogP contribution in [-0.4, -0.2) is 24.8 Å². The Bertz CT molecular complexity index is 720. The third-order valence-electron chi connectivity index (χ3n) is 2.47. The minimum atomic E-state index is -0.136. The van der Waals surface area contributed by atoms with Gasteiger partial charge < -0.3 is 0 Å². The maximum atomic E-state index is 8.84. The van der Waals surface area contributed by atoms with Crippen LogP contribution in [0.3, 0.4) is 0 Å². The van der Waals surface area contributed by atoms with E-state index in [1.807, 2.05) is 35.6 Å². The van der Waals surface area contributed by atoms with Crippen molar-refractivity contribution in [2.24, 2.45) is 0 Å². The summed E-state index contributed by atoms with van der Waals surface area (Å²) in [5.74, 6) is 0.707. The highest BCUT2D eigenvalue weighted by Crippen LogP contribution is 2.25. The molecule has 0 fully saturated rings. The molecule has 3 aromatic rings. The number of H-pyrrole nitrogens is 1. The number of aromatic amines is 1. The first kappa shape index (κ1) is 10.2. The van der Waals surface area contributed by atoms with Gasteiger partial charge in [-0.3, -0.25) is 4.40 Å². The van der Waals surface area contributed by atoms with E-state index in [0.717, 1.165) is 16.2 Å². The smallest absolute Gasteiger partial charge is 0.231 e. The fourth-order valence-corrected chi connectivity index (χ4v) is 2.46. The monoisotopic (exact) mass is 243 g/mol. The molecule has 0 radical (unpaired) electrons. The van der Waals surface area contributed by atoms with Gasteiger partial charge >= 0.3 is 0 Å². The van der Waals surface area contributed by atoms with Crippen molar-refractivity contribution >= 4 is 28.6 Å². The highest BCUT2D eigenvalue weighted by molar-refractivity contribution is 8.00. The van der Waals surface area contributed by atoms with Crippen molar-refractivity contribution < 1.29 is 0 Å². The summed E-state index contributed by atoms with van der Waals surface area (Å²) < 4.78 is 1.94. The van der Waals surface area contributed by atoms with Crippen LogP contribution in [0.25, 0.3) is 16.8 Å². The van der Waals surface area contributed by atoms with E-state index >= 15 is 0 Å². The van der Waals surface area contributed by atoms with Gasteiger partial charge in [-0.15, -0.1) is 5.10 Å². The molecular weight excluding hydrogens is 234 g/mol. The Morgan fingerprint density at radius 3 is 3.12 bits per heavy atom. The number of aromatic nitrogens is 4. The van der Waals surface area contributed by atoms with Crippen molar-refractivity contribution in [1.82, 2.24) is 19.6 Å². The van der Waals surface area contributed by atoms with Gasteiger partial charge in [0.15, 0.2) is 5.16 Å². The quantitative estimate of drug-likeness (QED) is 0.700. The van der Waals surface area contributed by atoms with E-state index in [-0.39, 0.29) is 5.25 Å². The summed E-state index contributed by atoms with van der Waals surface area (Å²) in [4.78, 5) is 4.42. The number of nitriles is 1. The average molecular weight is 243 g/mol. The summed E-state index contributed by atoms with van der Waals surface area (Å²) in [6, 6.07) is 10.0. The zero-order valence-corrected chi connectivity index (χ0v) is 9.90. The highest BCUT2D eigenvalue weighted by Gasteiger charge is 2.13. The molecule has 1 aromatic carbocycles. The molecule has 3 rings (SSSR count). The first-order valence-corrected chi connectivity index (χ1v) is 6.05. The Kier molecular flexibility index (Phi) is 2.27.